The summed E-state index contributed by atoms with van der Waals surface area (Å²) in [6.45, 7) is 0.781. The highest BCUT2D eigenvalue weighted by Gasteiger charge is 2.44. The Balaban J connectivity index is 2.06. The molecule has 0 aliphatic carbocycles. The molecule has 1 aromatic rings. The molecule has 1 atom stereocenters. The molecule has 1 aliphatic rings. The molecule has 0 radical (unpaired) electrons. The van der Waals surface area contributed by atoms with Crippen molar-refractivity contribution in [2.45, 2.75) is 37.8 Å². The molecular formula is C15H18F6N2. The zero-order valence-corrected chi connectivity index (χ0v) is 12.3. The Kier molecular flexibility index (Phi) is 5.57. The summed E-state index contributed by atoms with van der Waals surface area (Å²) in [5.74, 6) is -0.568. The third-order valence-corrected chi connectivity index (χ3v) is 3.99. The van der Waals surface area contributed by atoms with Crippen molar-refractivity contribution in [3.63, 3.8) is 0 Å². The number of piperidine rings is 1. The molecule has 23 heavy (non-hydrogen) atoms. The van der Waals surface area contributed by atoms with Crippen molar-refractivity contribution in [3.05, 3.63) is 35.4 Å². The van der Waals surface area contributed by atoms with E-state index in [0.29, 0.717) is 25.9 Å². The molecule has 1 aliphatic heterocycles. The van der Waals surface area contributed by atoms with Crippen LogP contribution in [0.2, 0.25) is 0 Å². The molecule has 130 valence electrons. The van der Waals surface area contributed by atoms with Crippen LogP contribution in [0, 0.1) is 5.92 Å². The molecule has 1 saturated heterocycles. The lowest BCUT2D eigenvalue weighted by Gasteiger charge is -2.32. The van der Waals surface area contributed by atoms with Gasteiger partial charge >= 0.3 is 12.4 Å². The van der Waals surface area contributed by atoms with E-state index >= 15 is 0 Å². The monoisotopic (exact) mass is 340 g/mol. The van der Waals surface area contributed by atoms with E-state index in [1.807, 2.05) is 0 Å². The van der Waals surface area contributed by atoms with Gasteiger partial charge in [0.2, 0.25) is 0 Å². The molecule has 1 aromatic carbocycles. The van der Waals surface area contributed by atoms with Gasteiger partial charge in [-0.15, -0.1) is 0 Å². The average molecular weight is 340 g/mol. The fourth-order valence-corrected chi connectivity index (χ4v) is 2.81. The predicted octanol–water partition coefficient (Wildman–Crippen LogP) is 3.73. The number of hydrogen-bond acceptors (Lipinski definition) is 2. The minimum Gasteiger partial charge on any atom is -0.317 e. The Morgan fingerprint density at radius 3 is 2.30 bits per heavy atom. The number of nitrogens with one attached hydrogen (secondary N) is 2. The van der Waals surface area contributed by atoms with Gasteiger partial charge in [-0.3, -0.25) is 0 Å². The maximum absolute atomic E-state index is 13.2. The third-order valence-electron chi connectivity index (χ3n) is 3.99. The third kappa shape index (κ3) is 5.10. The molecule has 1 fully saturated rings. The average Bonchev–Trinajstić information content (AvgIpc) is 2.46. The van der Waals surface area contributed by atoms with Gasteiger partial charge in [0, 0.05) is 6.54 Å². The van der Waals surface area contributed by atoms with Crippen LogP contribution in [0.25, 0.3) is 0 Å². The first kappa shape index (κ1) is 18.1. The normalized spacial score (nSPS) is 18.9. The Morgan fingerprint density at radius 2 is 1.74 bits per heavy atom. The lowest BCUT2D eigenvalue weighted by molar-refractivity contribution is -0.170. The van der Waals surface area contributed by atoms with Crippen molar-refractivity contribution in [1.82, 2.24) is 10.6 Å². The highest BCUT2D eigenvalue weighted by Crippen LogP contribution is 2.32. The van der Waals surface area contributed by atoms with Gasteiger partial charge in [-0.1, -0.05) is 18.2 Å². The number of halogens is 6. The highest BCUT2D eigenvalue weighted by atomic mass is 19.4. The van der Waals surface area contributed by atoms with Crippen LogP contribution >= 0.6 is 0 Å². The summed E-state index contributed by atoms with van der Waals surface area (Å²) in [7, 11) is 0. The summed E-state index contributed by atoms with van der Waals surface area (Å²) in [5.41, 5.74) is -0.676. The van der Waals surface area contributed by atoms with Crippen LogP contribution in [-0.4, -0.2) is 25.3 Å². The molecular weight excluding hydrogens is 322 g/mol. The molecule has 0 bridgehead atoms. The molecule has 8 heteroatoms. The molecule has 0 saturated carbocycles. The Labute approximate surface area is 130 Å². The van der Waals surface area contributed by atoms with Crippen molar-refractivity contribution in [2.24, 2.45) is 5.92 Å². The van der Waals surface area contributed by atoms with Gasteiger partial charge in [-0.2, -0.15) is 26.3 Å². The standard InChI is InChI=1S/C15H18F6N2/c16-14(17,18)12-3-1-2-10(8-12)9-23-13(15(19,20)21)11-4-6-22-7-5-11/h1-3,8,11,13,22-23H,4-7,9H2. The number of hydrogen-bond donors (Lipinski definition) is 2. The van der Waals surface area contributed by atoms with Crippen molar-refractivity contribution in [1.29, 1.82) is 0 Å². The van der Waals surface area contributed by atoms with Gasteiger partial charge in [-0.05, 0) is 43.5 Å². The van der Waals surface area contributed by atoms with Crippen LogP contribution in [0.5, 0.6) is 0 Å². The van der Waals surface area contributed by atoms with Gasteiger partial charge in [0.05, 0.1) is 5.56 Å². The first-order chi connectivity index (χ1) is 10.7. The summed E-state index contributed by atoms with van der Waals surface area (Å²) in [5, 5.41) is 5.40. The van der Waals surface area contributed by atoms with Crippen LogP contribution in [-0.2, 0) is 12.7 Å². The van der Waals surface area contributed by atoms with Gasteiger partial charge in [0.15, 0.2) is 0 Å². The van der Waals surface area contributed by atoms with Crippen LogP contribution in [0.1, 0.15) is 24.0 Å². The largest absolute Gasteiger partial charge is 0.416 e. The van der Waals surface area contributed by atoms with Crippen molar-refractivity contribution < 1.29 is 26.3 Å². The second-order valence-corrected chi connectivity index (χ2v) is 5.69. The summed E-state index contributed by atoms with van der Waals surface area (Å²) in [4.78, 5) is 0. The van der Waals surface area contributed by atoms with Crippen LogP contribution in [0.3, 0.4) is 0 Å². The molecule has 2 rings (SSSR count). The first-order valence-corrected chi connectivity index (χ1v) is 7.35. The quantitative estimate of drug-likeness (QED) is 0.817. The summed E-state index contributed by atoms with van der Waals surface area (Å²) < 4.78 is 77.6. The lowest BCUT2D eigenvalue weighted by atomic mass is 9.89. The topological polar surface area (TPSA) is 24.1 Å². The Bertz CT molecular complexity index is 505. The van der Waals surface area contributed by atoms with Gasteiger partial charge in [-0.25, -0.2) is 0 Å². The maximum atomic E-state index is 13.2. The van der Waals surface area contributed by atoms with E-state index in [4.69, 9.17) is 0 Å². The van der Waals surface area contributed by atoms with Crippen molar-refractivity contribution in [3.8, 4) is 0 Å². The number of rotatable bonds is 4. The fourth-order valence-electron chi connectivity index (χ4n) is 2.81. The van der Waals surface area contributed by atoms with Crippen molar-refractivity contribution in [2.75, 3.05) is 13.1 Å². The molecule has 2 nitrogen and oxygen atoms in total. The SMILES string of the molecule is FC(F)(F)c1cccc(CNC(C2CCNCC2)C(F)(F)F)c1. The summed E-state index contributed by atoms with van der Waals surface area (Å²) in [6, 6.07) is 2.66. The molecule has 1 unspecified atom stereocenters. The zero-order chi connectivity index (χ0) is 17.1. The van der Waals surface area contributed by atoms with Gasteiger partial charge in [0.1, 0.15) is 6.04 Å². The van der Waals surface area contributed by atoms with E-state index in [-0.39, 0.29) is 12.1 Å². The minimum absolute atomic E-state index is 0.183. The molecule has 0 amide bonds. The Hall–Kier alpha value is -1.28. The lowest BCUT2D eigenvalue weighted by Crippen LogP contribution is -2.50. The zero-order valence-electron chi connectivity index (χ0n) is 12.3. The summed E-state index contributed by atoms with van der Waals surface area (Å²) in [6.07, 6.45) is -8.16. The molecule has 0 spiro atoms. The molecule has 0 aromatic heterocycles. The van der Waals surface area contributed by atoms with E-state index in [1.54, 1.807) is 0 Å². The number of benzene rings is 1. The van der Waals surface area contributed by atoms with E-state index in [0.717, 1.165) is 12.1 Å². The minimum atomic E-state index is -4.51. The van der Waals surface area contributed by atoms with E-state index in [1.165, 1.54) is 12.1 Å². The second-order valence-electron chi connectivity index (χ2n) is 5.69. The van der Waals surface area contributed by atoms with E-state index in [2.05, 4.69) is 10.6 Å². The molecule has 2 N–H and O–H groups in total. The Morgan fingerprint density at radius 1 is 1.09 bits per heavy atom. The molecule has 1 heterocycles. The second kappa shape index (κ2) is 7.09. The summed E-state index contributed by atoms with van der Waals surface area (Å²) >= 11 is 0. The highest BCUT2D eigenvalue weighted by molar-refractivity contribution is 5.25. The van der Waals surface area contributed by atoms with Gasteiger partial charge in [0.25, 0.3) is 0 Å². The van der Waals surface area contributed by atoms with E-state index < -0.39 is 29.9 Å². The predicted molar refractivity (Wildman–Crippen MR) is 73.7 cm³/mol. The first-order valence-electron chi connectivity index (χ1n) is 7.35. The van der Waals surface area contributed by atoms with Crippen LogP contribution in [0.4, 0.5) is 26.3 Å². The smallest absolute Gasteiger partial charge is 0.317 e. The van der Waals surface area contributed by atoms with Crippen LogP contribution < -0.4 is 10.6 Å². The van der Waals surface area contributed by atoms with Crippen LogP contribution in [0.15, 0.2) is 24.3 Å². The fraction of sp³-hybridized carbons (Fsp3) is 0.600. The van der Waals surface area contributed by atoms with Gasteiger partial charge < -0.3 is 10.6 Å². The number of alkyl halides is 6. The maximum Gasteiger partial charge on any atom is 0.416 e. The van der Waals surface area contributed by atoms with E-state index in [9.17, 15) is 26.3 Å². The van der Waals surface area contributed by atoms with Crippen molar-refractivity contribution >= 4 is 0 Å².